The summed E-state index contributed by atoms with van der Waals surface area (Å²) in [5.74, 6) is 0. The van der Waals surface area contributed by atoms with Crippen molar-refractivity contribution in [2.24, 2.45) is 0 Å². The van der Waals surface area contributed by atoms with Gasteiger partial charge >= 0.3 is 0 Å². The molecule has 2 rings (SSSR count). The monoisotopic (exact) mass is 309 g/mol. The Labute approximate surface area is 129 Å². The highest BCUT2D eigenvalue weighted by atomic mass is 32.1. The lowest BCUT2D eigenvalue weighted by molar-refractivity contribution is 0.791. The van der Waals surface area contributed by atoms with E-state index >= 15 is 0 Å². The molecule has 0 radical (unpaired) electrons. The Bertz CT molecular complexity index is 482. The predicted molar refractivity (Wildman–Crippen MR) is 89.9 cm³/mol. The van der Waals surface area contributed by atoms with E-state index in [0.29, 0.717) is 0 Å². The summed E-state index contributed by atoms with van der Waals surface area (Å²) < 4.78 is 0. The van der Waals surface area contributed by atoms with Crippen LogP contribution in [0.25, 0.3) is 0 Å². The lowest BCUT2D eigenvalue weighted by Gasteiger charge is -2.18. The predicted octanol–water partition coefficient (Wildman–Crippen LogP) is 3.90. The maximum atomic E-state index is 4.88. The first-order valence-corrected chi connectivity index (χ1v) is 8.88. The Morgan fingerprint density at radius 1 is 1.35 bits per heavy atom. The fourth-order valence-corrected chi connectivity index (χ4v) is 4.04. The molecular weight excluding hydrogens is 286 g/mol. The summed E-state index contributed by atoms with van der Waals surface area (Å²) in [5.41, 5.74) is 1.27. The molecule has 0 bridgehead atoms. The lowest BCUT2D eigenvalue weighted by atomic mass is 10.2. The molecule has 0 saturated carbocycles. The molecule has 0 amide bonds. The van der Waals surface area contributed by atoms with Crippen LogP contribution in [0.4, 0.5) is 5.13 Å². The molecule has 0 aromatic carbocycles. The first-order valence-electron chi connectivity index (χ1n) is 7.19. The standard InChI is InChI=1S/C15H23N3S2/c1-4-7-13-14(10-16-3)20-15(17-13)18(5-2)11-12-8-6-9-19-12/h6,8-9,16H,4-5,7,10-11H2,1-3H3. The van der Waals surface area contributed by atoms with E-state index in [2.05, 4.69) is 41.6 Å². The number of aryl methyl sites for hydroxylation is 1. The molecular formula is C15H23N3S2. The molecule has 20 heavy (non-hydrogen) atoms. The van der Waals surface area contributed by atoms with Gasteiger partial charge in [-0.2, -0.15) is 0 Å². The minimum Gasteiger partial charge on any atom is -0.343 e. The van der Waals surface area contributed by atoms with Crippen molar-refractivity contribution in [3.63, 3.8) is 0 Å². The van der Waals surface area contributed by atoms with Crippen molar-refractivity contribution in [2.75, 3.05) is 18.5 Å². The maximum Gasteiger partial charge on any atom is 0.186 e. The molecule has 0 unspecified atom stereocenters. The zero-order chi connectivity index (χ0) is 14.4. The molecule has 0 saturated heterocycles. The van der Waals surface area contributed by atoms with E-state index in [1.807, 2.05) is 29.7 Å². The Morgan fingerprint density at radius 2 is 2.20 bits per heavy atom. The van der Waals surface area contributed by atoms with Gasteiger partial charge in [0.1, 0.15) is 0 Å². The smallest absolute Gasteiger partial charge is 0.186 e. The lowest BCUT2D eigenvalue weighted by Crippen LogP contribution is -2.21. The normalized spacial score (nSPS) is 10.9. The van der Waals surface area contributed by atoms with Crippen molar-refractivity contribution in [1.29, 1.82) is 0 Å². The molecule has 2 heterocycles. The van der Waals surface area contributed by atoms with Crippen molar-refractivity contribution < 1.29 is 0 Å². The second-order valence-electron chi connectivity index (χ2n) is 4.74. The van der Waals surface area contributed by atoms with Crippen LogP contribution in [0.5, 0.6) is 0 Å². The van der Waals surface area contributed by atoms with Crippen LogP contribution < -0.4 is 10.2 Å². The fourth-order valence-electron chi connectivity index (χ4n) is 2.14. The molecule has 3 nitrogen and oxygen atoms in total. The average molecular weight is 310 g/mol. The summed E-state index contributed by atoms with van der Waals surface area (Å²) in [6, 6.07) is 4.31. The van der Waals surface area contributed by atoms with Gasteiger partial charge in [-0.05, 0) is 31.8 Å². The summed E-state index contributed by atoms with van der Waals surface area (Å²) >= 11 is 3.65. The zero-order valence-corrected chi connectivity index (χ0v) is 14.1. The molecule has 0 fully saturated rings. The maximum absolute atomic E-state index is 4.88. The molecule has 5 heteroatoms. The quantitative estimate of drug-likeness (QED) is 0.801. The minimum atomic E-state index is 0.920. The highest BCUT2D eigenvalue weighted by molar-refractivity contribution is 7.15. The van der Waals surface area contributed by atoms with Crippen LogP contribution in [-0.4, -0.2) is 18.6 Å². The number of thiophene rings is 1. The summed E-state index contributed by atoms with van der Waals surface area (Å²) in [5, 5.41) is 6.55. The summed E-state index contributed by atoms with van der Waals surface area (Å²) in [6.45, 7) is 7.30. The van der Waals surface area contributed by atoms with Crippen LogP contribution in [0.15, 0.2) is 17.5 Å². The van der Waals surface area contributed by atoms with Crippen LogP contribution in [-0.2, 0) is 19.5 Å². The Hall–Kier alpha value is -0.910. The number of nitrogens with zero attached hydrogens (tertiary/aromatic N) is 2. The van der Waals surface area contributed by atoms with E-state index in [9.17, 15) is 0 Å². The minimum absolute atomic E-state index is 0.920. The molecule has 2 aromatic rings. The molecule has 0 aliphatic carbocycles. The number of aromatic nitrogens is 1. The van der Waals surface area contributed by atoms with E-state index in [-0.39, 0.29) is 0 Å². The number of thiazole rings is 1. The van der Waals surface area contributed by atoms with Crippen molar-refractivity contribution in [2.45, 2.75) is 39.8 Å². The second kappa shape index (κ2) is 7.76. The van der Waals surface area contributed by atoms with Crippen molar-refractivity contribution in [3.8, 4) is 0 Å². The number of hydrogen-bond donors (Lipinski definition) is 1. The summed E-state index contributed by atoms with van der Waals surface area (Å²) in [7, 11) is 2.00. The second-order valence-corrected chi connectivity index (χ2v) is 6.83. The van der Waals surface area contributed by atoms with Crippen LogP contribution in [0.3, 0.4) is 0 Å². The number of anilines is 1. The first-order chi connectivity index (χ1) is 9.78. The molecule has 110 valence electrons. The number of rotatable bonds is 8. The van der Waals surface area contributed by atoms with Gasteiger partial charge in [-0.1, -0.05) is 19.4 Å². The van der Waals surface area contributed by atoms with E-state index in [4.69, 9.17) is 4.98 Å². The van der Waals surface area contributed by atoms with Crippen molar-refractivity contribution in [3.05, 3.63) is 33.0 Å². The van der Waals surface area contributed by atoms with Gasteiger partial charge in [0.25, 0.3) is 0 Å². The fraction of sp³-hybridized carbons (Fsp3) is 0.533. The van der Waals surface area contributed by atoms with Gasteiger partial charge in [0.2, 0.25) is 0 Å². The molecule has 2 aromatic heterocycles. The third-order valence-electron chi connectivity index (χ3n) is 3.17. The van der Waals surface area contributed by atoms with E-state index in [0.717, 1.165) is 37.6 Å². The van der Waals surface area contributed by atoms with Crippen molar-refractivity contribution in [1.82, 2.24) is 10.3 Å². The van der Waals surface area contributed by atoms with E-state index < -0.39 is 0 Å². The van der Waals surface area contributed by atoms with Gasteiger partial charge in [0.05, 0.1) is 12.2 Å². The van der Waals surface area contributed by atoms with E-state index in [1.54, 1.807) is 0 Å². The summed E-state index contributed by atoms with van der Waals surface area (Å²) in [4.78, 5) is 10.0. The topological polar surface area (TPSA) is 28.2 Å². The van der Waals surface area contributed by atoms with Gasteiger partial charge in [-0.25, -0.2) is 4.98 Å². The third kappa shape index (κ3) is 3.81. The van der Waals surface area contributed by atoms with Crippen LogP contribution >= 0.6 is 22.7 Å². The molecule has 1 N–H and O–H groups in total. The highest BCUT2D eigenvalue weighted by Crippen LogP contribution is 2.29. The van der Waals surface area contributed by atoms with E-state index in [1.165, 1.54) is 15.4 Å². The largest absolute Gasteiger partial charge is 0.343 e. The van der Waals surface area contributed by atoms with Gasteiger partial charge in [-0.3, -0.25) is 0 Å². The Morgan fingerprint density at radius 3 is 2.80 bits per heavy atom. The SMILES string of the molecule is CCCc1nc(N(CC)Cc2cccs2)sc1CNC. The van der Waals surface area contributed by atoms with Crippen molar-refractivity contribution >= 4 is 27.8 Å². The van der Waals surface area contributed by atoms with Gasteiger partial charge in [0.15, 0.2) is 5.13 Å². The average Bonchev–Trinajstić information content (AvgIpc) is 3.07. The van der Waals surface area contributed by atoms with Crippen LogP contribution in [0.1, 0.15) is 35.7 Å². The zero-order valence-electron chi connectivity index (χ0n) is 12.5. The Kier molecular flexibility index (Phi) is 6.01. The first kappa shape index (κ1) is 15.5. The third-order valence-corrected chi connectivity index (χ3v) is 5.19. The highest BCUT2D eigenvalue weighted by Gasteiger charge is 2.15. The molecule has 0 aliphatic heterocycles. The van der Waals surface area contributed by atoms with Crippen LogP contribution in [0, 0.1) is 0 Å². The molecule has 0 aliphatic rings. The molecule has 0 atom stereocenters. The Balaban J connectivity index is 2.18. The molecule has 0 spiro atoms. The summed E-state index contributed by atoms with van der Waals surface area (Å²) in [6.07, 6.45) is 2.22. The number of hydrogen-bond acceptors (Lipinski definition) is 5. The van der Waals surface area contributed by atoms with Gasteiger partial charge < -0.3 is 10.2 Å². The number of nitrogens with one attached hydrogen (secondary N) is 1. The van der Waals surface area contributed by atoms with Gasteiger partial charge in [0, 0.05) is 22.8 Å². The van der Waals surface area contributed by atoms with Gasteiger partial charge in [-0.15, -0.1) is 22.7 Å². The van der Waals surface area contributed by atoms with Crippen LogP contribution in [0.2, 0.25) is 0 Å².